The van der Waals surface area contributed by atoms with Crippen molar-refractivity contribution in [3.05, 3.63) is 45.5 Å². The van der Waals surface area contributed by atoms with Crippen molar-refractivity contribution in [2.75, 3.05) is 5.88 Å². The smallest absolute Gasteiger partial charge is 0.279 e. The molecule has 0 aromatic heterocycles. The maximum absolute atomic E-state index is 10.6. The second-order valence-corrected chi connectivity index (χ2v) is 3.06. The van der Waals surface area contributed by atoms with Gasteiger partial charge < -0.3 is 0 Å². The van der Waals surface area contributed by atoms with Gasteiger partial charge in [0.25, 0.3) is 5.69 Å². The molecule has 1 rings (SSSR count). The van der Waals surface area contributed by atoms with Crippen LogP contribution in [0.2, 0.25) is 0 Å². The predicted octanol–water partition coefficient (Wildman–Crippen LogP) is 2.66. The van der Waals surface area contributed by atoms with Gasteiger partial charge in [0, 0.05) is 11.9 Å². The van der Waals surface area contributed by atoms with Gasteiger partial charge in [-0.05, 0) is 17.7 Å². The van der Waals surface area contributed by atoms with Crippen molar-refractivity contribution < 1.29 is 9.72 Å². The lowest BCUT2D eigenvalue weighted by atomic mass is 10.1. The van der Waals surface area contributed by atoms with Crippen LogP contribution in [0.3, 0.4) is 0 Å². The van der Waals surface area contributed by atoms with Gasteiger partial charge in [0.2, 0.25) is 0 Å². The standard InChI is InChI=1S/C10H8ClNO3/c11-5-1-2-8-3-4-10(12(14)15)9(6-8)7-13/h1-4,6-7H,5H2. The van der Waals surface area contributed by atoms with E-state index >= 15 is 0 Å². The van der Waals surface area contributed by atoms with Crippen LogP contribution in [0.5, 0.6) is 0 Å². The highest BCUT2D eigenvalue weighted by Crippen LogP contribution is 2.18. The molecule has 0 bridgehead atoms. The van der Waals surface area contributed by atoms with Gasteiger partial charge >= 0.3 is 0 Å². The molecule has 0 saturated heterocycles. The zero-order chi connectivity index (χ0) is 11.3. The lowest BCUT2D eigenvalue weighted by Gasteiger charge is -1.97. The molecule has 1 aromatic carbocycles. The first kappa shape index (κ1) is 11.4. The highest BCUT2D eigenvalue weighted by molar-refractivity contribution is 6.19. The maximum Gasteiger partial charge on any atom is 0.279 e. The Balaban J connectivity index is 3.13. The third-order valence-corrected chi connectivity index (χ3v) is 1.95. The molecule has 78 valence electrons. The van der Waals surface area contributed by atoms with E-state index in [1.54, 1.807) is 18.2 Å². The van der Waals surface area contributed by atoms with Gasteiger partial charge in [-0.1, -0.05) is 12.2 Å². The number of nitrogens with zero attached hydrogens (tertiary/aromatic N) is 1. The number of carbonyl (C=O) groups is 1. The van der Waals surface area contributed by atoms with E-state index in [2.05, 4.69) is 0 Å². The van der Waals surface area contributed by atoms with Crippen LogP contribution in [-0.2, 0) is 0 Å². The number of nitro groups is 1. The van der Waals surface area contributed by atoms with Crippen molar-refractivity contribution >= 4 is 29.7 Å². The van der Waals surface area contributed by atoms with Crippen LogP contribution in [0.4, 0.5) is 5.69 Å². The summed E-state index contributed by atoms with van der Waals surface area (Å²) in [4.78, 5) is 20.5. The van der Waals surface area contributed by atoms with Crippen molar-refractivity contribution in [1.82, 2.24) is 0 Å². The Morgan fingerprint density at radius 3 is 2.73 bits per heavy atom. The number of allylic oxidation sites excluding steroid dienone is 1. The molecule has 0 aliphatic rings. The molecule has 0 aliphatic carbocycles. The minimum atomic E-state index is -0.585. The molecule has 0 fully saturated rings. The van der Waals surface area contributed by atoms with Crippen LogP contribution >= 0.6 is 11.6 Å². The molecule has 0 aliphatic heterocycles. The molecular weight excluding hydrogens is 218 g/mol. The van der Waals surface area contributed by atoms with Gasteiger partial charge in [-0.2, -0.15) is 0 Å². The van der Waals surface area contributed by atoms with Gasteiger partial charge in [-0.3, -0.25) is 14.9 Å². The summed E-state index contributed by atoms with van der Waals surface area (Å²) in [5, 5.41) is 10.5. The second-order valence-electron chi connectivity index (χ2n) is 2.75. The van der Waals surface area contributed by atoms with Crippen molar-refractivity contribution in [1.29, 1.82) is 0 Å². The molecule has 15 heavy (non-hydrogen) atoms. The molecule has 5 heteroatoms. The summed E-state index contributed by atoms with van der Waals surface area (Å²) in [5.41, 5.74) is 0.591. The minimum absolute atomic E-state index is 0.0664. The highest BCUT2D eigenvalue weighted by Gasteiger charge is 2.12. The topological polar surface area (TPSA) is 60.2 Å². The van der Waals surface area contributed by atoms with E-state index < -0.39 is 4.92 Å². The predicted molar refractivity (Wildman–Crippen MR) is 58.2 cm³/mol. The van der Waals surface area contributed by atoms with Crippen LogP contribution in [0, 0.1) is 10.1 Å². The van der Waals surface area contributed by atoms with Crippen LogP contribution in [0.15, 0.2) is 24.3 Å². The Hall–Kier alpha value is -1.68. The van der Waals surface area contributed by atoms with E-state index in [1.165, 1.54) is 12.1 Å². The molecule has 0 spiro atoms. The van der Waals surface area contributed by atoms with Gasteiger partial charge in [0.1, 0.15) is 0 Å². The van der Waals surface area contributed by atoms with Crippen molar-refractivity contribution in [3.8, 4) is 0 Å². The number of halogens is 1. The van der Waals surface area contributed by atoms with E-state index in [-0.39, 0.29) is 11.3 Å². The van der Waals surface area contributed by atoms with Crippen molar-refractivity contribution in [3.63, 3.8) is 0 Å². The van der Waals surface area contributed by atoms with Gasteiger partial charge in [0.05, 0.1) is 10.5 Å². The number of nitro benzene ring substituents is 1. The van der Waals surface area contributed by atoms with Crippen LogP contribution in [0.25, 0.3) is 6.08 Å². The first-order chi connectivity index (χ1) is 7.19. The molecule has 0 radical (unpaired) electrons. The summed E-state index contributed by atoms with van der Waals surface area (Å²) >= 11 is 5.44. The van der Waals surface area contributed by atoms with Crippen LogP contribution in [0.1, 0.15) is 15.9 Å². The number of hydrogen-bond acceptors (Lipinski definition) is 3. The zero-order valence-corrected chi connectivity index (χ0v) is 8.48. The van der Waals surface area contributed by atoms with Gasteiger partial charge in [0.15, 0.2) is 6.29 Å². The summed E-state index contributed by atoms with van der Waals surface area (Å²) in [7, 11) is 0. The maximum atomic E-state index is 10.6. The average molecular weight is 226 g/mol. The van der Waals surface area contributed by atoms with Crippen LogP contribution < -0.4 is 0 Å². The fourth-order valence-corrected chi connectivity index (χ4v) is 1.21. The van der Waals surface area contributed by atoms with Gasteiger partial charge in [-0.15, -0.1) is 11.6 Å². The monoisotopic (exact) mass is 225 g/mol. The van der Waals surface area contributed by atoms with Crippen molar-refractivity contribution in [2.45, 2.75) is 0 Å². The van der Waals surface area contributed by atoms with Gasteiger partial charge in [-0.25, -0.2) is 0 Å². The molecule has 0 heterocycles. The largest absolute Gasteiger partial charge is 0.298 e. The molecule has 0 unspecified atom stereocenters. The lowest BCUT2D eigenvalue weighted by molar-refractivity contribution is -0.385. The number of alkyl halides is 1. The number of hydrogen-bond donors (Lipinski definition) is 0. The van der Waals surface area contributed by atoms with E-state index in [4.69, 9.17) is 11.6 Å². The molecule has 1 aromatic rings. The Morgan fingerprint density at radius 2 is 2.20 bits per heavy atom. The third-order valence-electron chi connectivity index (χ3n) is 1.77. The van der Waals surface area contributed by atoms with E-state index in [1.807, 2.05) is 0 Å². The first-order valence-corrected chi connectivity index (χ1v) is 4.68. The second kappa shape index (κ2) is 5.26. The highest BCUT2D eigenvalue weighted by atomic mass is 35.5. The Bertz CT molecular complexity index is 415. The summed E-state index contributed by atoms with van der Waals surface area (Å²) in [6.45, 7) is 0. The normalized spacial score (nSPS) is 10.5. The summed E-state index contributed by atoms with van der Waals surface area (Å²) in [6.07, 6.45) is 3.86. The molecular formula is C10H8ClNO3. The molecule has 0 atom stereocenters. The Labute approximate surface area is 91.3 Å². The quantitative estimate of drug-likeness (QED) is 0.343. The lowest BCUT2D eigenvalue weighted by Crippen LogP contribution is -1.94. The molecule has 4 nitrogen and oxygen atoms in total. The summed E-state index contributed by atoms with van der Waals surface area (Å²) < 4.78 is 0. The number of benzene rings is 1. The van der Waals surface area contributed by atoms with Crippen molar-refractivity contribution in [2.24, 2.45) is 0 Å². The number of carbonyl (C=O) groups excluding carboxylic acids is 1. The molecule has 0 amide bonds. The molecule has 0 N–H and O–H groups in total. The number of aldehydes is 1. The van der Waals surface area contributed by atoms with E-state index in [0.29, 0.717) is 17.7 Å². The fourth-order valence-electron chi connectivity index (χ4n) is 1.12. The average Bonchev–Trinajstić information content (AvgIpc) is 2.25. The first-order valence-electron chi connectivity index (χ1n) is 4.15. The zero-order valence-electron chi connectivity index (χ0n) is 7.72. The third kappa shape index (κ3) is 2.89. The molecule has 0 saturated carbocycles. The summed E-state index contributed by atoms with van der Waals surface area (Å²) in [5.74, 6) is 0.355. The SMILES string of the molecule is O=Cc1cc(C=CCCl)ccc1[N+](=O)[O-]. The van der Waals surface area contributed by atoms with Crippen LogP contribution in [-0.4, -0.2) is 17.1 Å². The Morgan fingerprint density at radius 1 is 1.47 bits per heavy atom. The fraction of sp³-hybridized carbons (Fsp3) is 0.100. The minimum Gasteiger partial charge on any atom is -0.298 e. The van der Waals surface area contributed by atoms with E-state index in [9.17, 15) is 14.9 Å². The Kier molecular flexibility index (Phi) is 4.00. The summed E-state index contributed by atoms with van der Waals surface area (Å²) in [6, 6.07) is 4.32. The number of rotatable bonds is 4. The van der Waals surface area contributed by atoms with E-state index in [0.717, 1.165) is 0 Å².